The van der Waals surface area contributed by atoms with E-state index in [0.717, 1.165) is 31.1 Å². The molecule has 2 aromatic rings. The summed E-state index contributed by atoms with van der Waals surface area (Å²) < 4.78 is 1.70. The maximum Gasteiger partial charge on any atom is 0.271 e. The average Bonchev–Trinajstić information content (AvgIpc) is 2.90. The van der Waals surface area contributed by atoms with Gasteiger partial charge in [0, 0.05) is 17.6 Å². The summed E-state index contributed by atoms with van der Waals surface area (Å²) in [7, 11) is 0. The molecular formula is C13H13Cl2N3O. The fourth-order valence-electron chi connectivity index (χ4n) is 2.78. The van der Waals surface area contributed by atoms with Gasteiger partial charge in [0.2, 0.25) is 5.28 Å². The number of nitrogens with zero attached hydrogens (tertiary/aromatic N) is 3. The Morgan fingerprint density at radius 1 is 1.32 bits per heavy atom. The molecule has 100 valence electrons. The van der Waals surface area contributed by atoms with Crippen molar-refractivity contribution in [3.63, 3.8) is 0 Å². The minimum atomic E-state index is -0.173. The molecule has 1 aliphatic rings. The first-order chi connectivity index (χ1) is 9.09. The van der Waals surface area contributed by atoms with Gasteiger partial charge >= 0.3 is 0 Å². The summed E-state index contributed by atoms with van der Waals surface area (Å²) >= 11 is 12.0. The van der Waals surface area contributed by atoms with Gasteiger partial charge in [-0.2, -0.15) is 4.98 Å². The second kappa shape index (κ2) is 4.76. The number of rotatable bonds is 1. The quantitative estimate of drug-likeness (QED) is 0.757. The van der Waals surface area contributed by atoms with E-state index in [1.807, 2.05) is 6.92 Å². The molecule has 3 rings (SSSR count). The van der Waals surface area contributed by atoms with Crippen LogP contribution in [0.1, 0.15) is 37.3 Å². The zero-order valence-corrected chi connectivity index (χ0v) is 12.0. The number of aromatic nitrogens is 3. The molecule has 19 heavy (non-hydrogen) atoms. The highest BCUT2D eigenvalue weighted by Crippen LogP contribution is 2.32. The van der Waals surface area contributed by atoms with Gasteiger partial charge in [-0.25, -0.2) is 4.98 Å². The van der Waals surface area contributed by atoms with Crippen LogP contribution in [0.4, 0.5) is 0 Å². The van der Waals surface area contributed by atoms with Gasteiger partial charge in [0.1, 0.15) is 10.7 Å². The maximum absolute atomic E-state index is 12.4. The highest BCUT2D eigenvalue weighted by Gasteiger charge is 2.23. The lowest BCUT2D eigenvalue weighted by molar-refractivity contribution is 0.515. The van der Waals surface area contributed by atoms with E-state index in [1.165, 1.54) is 0 Å². The van der Waals surface area contributed by atoms with Gasteiger partial charge in [-0.1, -0.05) is 24.4 Å². The number of pyridine rings is 1. The van der Waals surface area contributed by atoms with Gasteiger partial charge in [0.15, 0.2) is 0 Å². The van der Waals surface area contributed by atoms with Crippen molar-refractivity contribution in [1.82, 2.24) is 14.5 Å². The number of hydrogen-bond acceptors (Lipinski definition) is 3. The van der Waals surface area contributed by atoms with Crippen molar-refractivity contribution >= 4 is 34.2 Å². The smallest absolute Gasteiger partial charge is 0.271 e. The van der Waals surface area contributed by atoms with Crippen LogP contribution in [0.2, 0.25) is 10.3 Å². The first-order valence-corrected chi connectivity index (χ1v) is 7.08. The summed E-state index contributed by atoms with van der Waals surface area (Å²) in [6, 6.07) is 0.166. The van der Waals surface area contributed by atoms with Gasteiger partial charge in [0.05, 0.1) is 0 Å². The van der Waals surface area contributed by atoms with E-state index in [2.05, 4.69) is 9.97 Å². The Morgan fingerprint density at radius 3 is 2.68 bits per heavy atom. The fraction of sp³-hybridized carbons (Fsp3) is 0.462. The van der Waals surface area contributed by atoms with Crippen LogP contribution in [0.3, 0.4) is 0 Å². The van der Waals surface area contributed by atoms with Gasteiger partial charge in [-0.3, -0.25) is 9.36 Å². The molecule has 0 atom stereocenters. The number of aryl methyl sites for hydroxylation is 1. The van der Waals surface area contributed by atoms with Gasteiger partial charge in [-0.05, 0) is 36.9 Å². The molecule has 0 saturated heterocycles. The Labute approximate surface area is 120 Å². The lowest BCUT2D eigenvalue weighted by Gasteiger charge is -2.17. The van der Waals surface area contributed by atoms with Crippen LogP contribution in [-0.4, -0.2) is 14.5 Å². The summed E-state index contributed by atoms with van der Waals surface area (Å²) in [5.41, 5.74) is 1.14. The molecule has 0 bridgehead atoms. The number of fused-ring (bicyclic) bond motifs is 1. The third-order valence-corrected chi connectivity index (χ3v) is 4.42. The van der Waals surface area contributed by atoms with E-state index < -0.39 is 0 Å². The van der Waals surface area contributed by atoms with Gasteiger partial charge in [-0.15, -0.1) is 0 Å². The Balaban J connectivity index is 2.40. The largest absolute Gasteiger partial charge is 0.288 e. The third-order valence-electron chi connectivity index (χ3n) is 3.80. The van der Waals surface area contributed by atoms with E-state index >= 15 is 0 Å². The van der Waals surface area contributed by atoms with Crippen LogP contribution >= 0.6 is 23.2 Å². The molecule has 6 heteroatoms. The minimum absolute atomic E-state index is 0.153. The van der Waals surface area contributed by atoms with Crippen molar-refractivity contribution in [2.24, 2.45) is 0 Å². The predicted molar refractivity (Wildman–Crippen MR) is 76.1 cm³/mol. The molecule has 0 spiro atoms. The lowest BCUT2D eigenvalue weighted by atomic mass is 10.1. The maximum atomic E-state index is 12.4. The fourth-order valence-corrected chi connectivity index (χ4v) is 3.10. The van der Waals surface area contributed by atoms with Crippen LogP contribution in [0.25, 0.3) is 11.0 Å². The Bertz CT molecular complexity index is 705. The minimum Gasteiger partial charge on any atom is -0.288 e. The number of halogens is 2. The highest BCUT2D eigenvalue weighted by molar-refractivity contribution is 6.32. The summed E-state index contributed by atoms with van der Waals surface area (Å²) in [4.78, 5) is 20.7. The van der Waals surface area contributed by atoms with Crippen LogP contribution in [0, 0.1) is 6.92 Å². The molecule has 2 aromatic heterocycles. The molecule has 0 amide bonds. The second-order valence-corrected chi connectivity index (χ2v) is 5.64. The summed E-state index contributed by atoms with van der Waals surface area (Å²) in [6.07, 6.45) is 5.86. The zero-order chi connectivity index (χ0) is 13.6. The van der Waals surface area contributed by atoms with E-state index in [0.29, 0.717) is 11.2 Å². The molecule has 4 nitrogen and oxygen atoms in total. The summed E-state index contributed by atoms with van der Waals surface area (Å²) in [6.45, 7) is 1.81. The summed E-state index contributed by atoms with van der Waals surface area (Å²) in [5.74, 6) is 0. The van der Waals surface area contributed by atoms with Gasteiger partial charge < -0.3 is 0 Å². The van der Waals surface area contributed by atoms with Crippen LogP contribution in [0.5, 0.6) is 0 Å². The average molecular weight is 298 g/mol. The van der Waals surface area contributed by atoms with Crippen molar-refractivity contribution in [1.29, 1.82) is 0 Å². The predicted octanol–water partition coefficient (Wildman–Crippen LogP) is 3.52. The van der Waals surface area contributed by atoms with Crippen molar-refractivity contribution < 1.29 is 0 Å². The van der Waals surface area contributed by atoms with Crippen molar-refractivity contribution in [2.45, 2.75) is 38.6 Å². The normalized spacial score (nSPS) is 16.4. The Morgan fingerprint density at radius 2 is 2.00 bits per heavy atom. The van der Waals surface area contributed by atoms with E-state index in [-0.39, 0.29) is 21.9 Å². The molecule has 1 saturated carbocycles. The molecule has 1 aliphatic carbocycles. The third kappa shape index (κ3) is 2.03. The number of hydrogen-bond donors (Lipinski definition) is 0. The second-order valence-electron chi connectivity index (χ2n) is 4.93. The Hall–Kier alpha value is -1.13. The van der Waals surface area contributed by atoms with Gasteiger partial charge in [0.25, 0.3) is 5.56 Å². The van der Waals surface area contributed by atoms with Crippen molar-refractivity contribution in [3.8, 4) is 0 Å². The standard InChI is InChI=1S/C13H13Cl2N3O/c1-7-9-6-16-13(15)17-11(9)18(12(19)10(7)14)8-4-2-3-5-8/h6,8H,2-5H2,1H3. The molecule has 0 aromatic carbocycles. The Kier molecular flexibility index (Phi) is 3.23. The highest BCUT2D eigenvalue weighted by atomic mass is 35.5. The molecular weight excluding hydrogens is 285 g/mol. The SMILES string of the molecule is Cc1c(Cl)c(=O)n(C2CCCC2)c2nc(Cl)ncc12. The van der Waals surface area contributed by atoms with Crippen LogP contribution in [-0.2, 0) is 0 Å². The van der Waals surface area contributed by atoms with Crippen LogP contribution < -0.4 is 5.56 Å². The lowest BCUT2D eigenvalue weighted by Crippen LogP contribution is -2.26. The summed E-state index contributed by atoms with van der Waals surface area (Å²) in [5, 5.41) is 1.20. The van der Waals surface area contributed by atoms with Crippen molar-refractivity contribution in [2.75, 3.05) is 0 Å². The molecule has 0 N–H and O–H groups in total. The molecule has 0 aliphatic heterocycles. The zero-order valence-electron chi connectivity index (χ0n) is 10.5. The van der Waals surface area contributed by atoms with E-state index in [9.17, 15) is 4.79 Å². The molecule has 1 fully saturated rings. The van der Waals surface area contributed by atoms with Crippen molar-refractivity contribution in [3.05, 3.63) is 32.4 Å². The first-order valence-electron chi connectivity index (χ1n) is 6.32. The van der Waals surface area contributed by atoms with E-state index in [1.54, 1.807) is 10.8 Å². The molecule has 0 unspecified atom stereocenters. The first kappa shape index (κ1) is 12.9. The molecule has 0 radical (unpaired) electrons. The topological polar surface area (TPSA) is 47.8 Å². The monoisotopic (exact) mass is 297 g/mol. The molecule has 2 heterocycles. The van der Waals surface area contributed by atoms with E-state index in [4.69, 9.17) is 23.2 Å². The van der Waals surface area contributed by atoms with Crippen LogP contribution in [0.15, 0.2) is 11.0 Å².